The van der Waals surface area contributed by atoms with Gasteiger partial charge in [0.1, 0.15) is 18.2 Å². The molecule has 158 valence electrons. The molecule has 0 heterocycles. The molecule has 3 aromatic carbocycles. The lowest BCUT2D eigenvalue weighted by Gasteiger charge is -2.06. The Morgan fingerprint density at radius 2 is 1.55 bits per heavy atom. The van der Waals surface area contributed by atoms with Crippen molar-refractivity contribution in [1.29, 1.82) is 0 Å². The number of rotatable bonds is 9. The van der Waals surface area contributed by atoms with Crippen LogP contribution in [0, 0.1) is 5.82 Å². The van der Waals surface area contributed by atoms with Crippen LogP contribution >= 0.6 is 0 Å². The van der Waals surface area contributed by atoms with Crippen molar-refractivity contribution in [3.05, 3.63) is 95.8 Å². The largest absolute Gasteiger partial charge is 0.489 e. The van der Waals surface area contributed by atoms with Crippen LogP contribution in [0.1, 0.15) is 24.0 Å². The van der Waals surface area contributed by atoms with Crippen LogP contribution in [0.25, 0.3) is 0 Å². The predicted octanol–water partition coefficient (Wildman–Crippen LogP) is 4.27. The highest BCUT2D eigenvalue weighted by molar-refractivity contribution is 5.93. The van der Waals surface area contributed by atoms with Crippen molar-refractivity contribution in [3.63, 3.8) is 0 Å². The molecule has 3 aromatic rings. The second-order valence-electron chi connectivity index (χ2n) is 6.69. The second-order valence-corrected chi connectivity index (χ2v) is 6.69. The van der Waals surface area contributed by atoms with E-state index in [-0.39, 0.29) is 30.5 Å². The SMILES string of the molecule is O=C(CCC(=O)Nc1ccc(F)cc1)NN=Cc1ccc(OCc2ccccc2)cc1. The third-order valence-electron chi connectivity index (χ3n) is 4.24. The molecule has 0 aromatic heterocycles. The first kappa shape index (κ1) is 21.7. The van der Waals surface area contributed by atoms with E-state index in [2.05, 4.69) is 15.8 Å². The molecule has 0 aliphatic carbocycles. The first-order valence-electron chi connectivity index (χ1n) is 9.72. The van der Waals surface area contributed by atoms with Gasteiger partial charge in [0.15, 0.2) is 0 Å². The maximum atomic E-state index is 12.9. The normalized spacial score (nSPS) is 10.6. The summed E-state index contributed by atoms with van der Waals surface area (Å²) in [7, 11) is 0. The lowest BCUT2D eigenvalue weighted by Crippen LogP contribution is -2.20. The van der Waals surface area contributed by atoms with E-state index < -0.39 is 0 Å². The van der Waals surface area contributed by atoms with E-state index in [1.54, 1.807) is 0 Å². The summed E-state index contributed by atoms with van der Waals surface area (Å²) in [5.41, 5.74) is 4.74. The van der Waals surface area contributed by atoms with Crippen LogP contribution in [0.2, 0.25) is 0 Å². The van der Waals surface area contributed by atoms with Crippen molar-refractivity contribution in [2.45, 2.75) is 19.4 Å². The van der Waals surface area contributed by atoms with E-state index in [0.717, 1.165) is 16.9 Å². The molecule has 0 atom stereocenters. The van der Waals surface area contributed by atoms with Crippen molar-refractivity contribution >= 4 is 23.7 Å². The number of anilines is 1. The number of hydrogen-bond acceptors (Lipinski definition) is 4. The maximum absolute atomic E-state index is 12.9. The van der Waals surface area contributed by atoms with E-state index in [1.807, 2.05) is 54.6 Å². The molecule has 0 fully saturated rings. The third kappa shape index (κ3) is 7.74. The highest BCUT2D eigenvalue weighted by Crippen LogP contribution is 2.13. The van der Waals surface area contributed by atoms with Crippen molar-refractivity contribution in [1.82, 2.24) is 5.43 Å². The molecule has 31 heavy (non-hydrogen) atoms. The first-order valence-corrected chi connectivity index (χ1v) is 9.72. The standard InChI is InChI=1S/C24H22FN3O3/c25-20-8-10-21(11-9-20)27-23(29)14-15-24(30)28-26-16-18-6-12-22(13-7-18)31-17-19-4-2-1-3-5-19/h1-13,16H,14-15,17H2,(H,27,29)(H,28,30). The van der Waals surface area contributed by atoms with Crippen molar-refractivity contribution in [2.24, 2.45) is 5.10 Å². The minimum Gasteiger partial charge on any atom is -0.489 e. The number of amides is 2. The summed E-state index contributed by atoms with van der Waals surface area (Å²) < 4.78 is 18.6. The van der Waals surface area contributed by atoms with E-state index in [9.17, 15) is 14.0 Å². The van der Waals surface area contributed by atoms with Gasteiger partial charge in [0.25, 0.3) is 0 Å². The summed E-state index contributed by atoms with van der Waals surface area (Å²) in [6.45, 7) is 0.485. The van der Waals surface area contributed by atoms with Gasteiger partial charge in [-0.1, -0.05) is 30.3 Å². The van der Waals surface area contributed by atoms with Gasteiger partial charge in [-0.25, -0.2) is 9.82 Å². The lowest BCUT2D eigenvalue weighted by molar-refractivity contribution is -0.124. The van der Waals surface area contributed by atoms with E-state index in [1.165, 1.54) is 30.5 Å². The fraction of sp³-hybridized carbons (Fsp3) is 0.125. The summed E-state index contributed by atoms with van der Waals surface area (Å²) in [5.74, 6) is -0.369. The summed E-state index contributed by atoms with van der Waals surface area (Å²) in [5, 5.41) is 6.49. The molecule has 2 N–H and O–H groups in total. The van der Waals surface area contributed by atoms with E-state index >= 15 is 0 Å². The van der Waals surface area contributed by atoms with E-state index in [4.69, 9.17) is 4.74 Å². The molecule has 0 saturated carbocycles. The molecule has 0 aliphatic heterocycles. The molecule has 0 radical (unpaired) electrons. The Morgan fingerprint density at radius 1 is 0.871 bits per heavy atom. The quantitative estimate of drug-likeness (QED) is 0.401. The second kappa shape index (κ2) is 11.3. The summed E-state index contributed by atoms with van der Waals surface area (Å²) >= 11 is 0. The van der Waals surface area contributed by atoms with Crippen LogP contribution in [-0.4, -0.2) is 18.0 Å². The van der Waals surface area contributed by atoms with Crippen LogP contribution < -0.4 is 15.5 Å². The van der Waals surface area contributed by atoms with Crippen LogP contribution in [0.15, 0.2) is 84.0 Å². The smallest absolute Gasteiger partial charge is 0.240 e. The summed E-state index contributed by atoms with van der Waals surface area (Å²) in [6.07, 6.45) is 1.49. The average Bonchev–Trinajstić information content (AvgIpc) is 2.79. The van der Waals surface area contributed by atoms with Gasteiger partial charge < -0.3 is 10.1 Å². The van der Waals surface area contributed by atoms with Gasteiger partial charge in [-0.2, -0.15) is 5.10 Å². The molecule has 3 rings (SSSR count). The molecule has 7 heteroatoms. The number of halogens is 1. The van der Waals surface area contributed by atoms with Gasteiger partial charge in [0.2, 0.25) is 11.8 Å². The lowest BCUT2D eigenvalue weighted by atomic mass is 10.2. The number of nitrogens with one attached hydrogen (secondary N) is 2. The highest BCUT2D eigenvalue weighted by atomic mass is 19.1. The Morgan fingerprint density at radius 3 is 2.26 bits per heavy atom. The third-order valence-corrected chi connectivity index (χ3v) is 4.24. The Hall–Kier alpha value is -4.00. The number of ether oxygens (including phenoxy) is 1. The van der Waals surface area contributed by atoms with Gasteiger partial charge in [0, 0.05) is 18.5 Å². The van der Waals surface area contributed by atoms with Crippen LogP contribution in [0.4, 0.5) is 10.1 Å². The van der Waals surface area contributed by atoms with Crippen molar-refractivity contribution in [2.75, 3.05) is 5.32 Å². The highest BCUT2D eigenvalue weighted by Gasteiger charge is 2.07. The van der Waals surface area contributed by atoms with Gasteiger partial charge in [-0.15, -0.1) is 0 Å². The molecule has 0 spiro atoms. The fourth-order valence-electron chi connectivity index (χ4n) is 2.61. The van der Waals surface area contributed by atoms with E-state index in [0.29, 0.717) is 12.3 Å². The molecule has 2 amide bonds. The molecule has 0 aliphatic rings. The number of hydrazone groups is 1. The molecule has 0 bridgehead atoms. The number of nitrogens with zero attached hydrogens (tertiary/aromatic N) is 1. The molecular formula is C24H22FN3O3. The zero-order valence-electron chi connectivity index (χ0n) is 16.8. The Kier molecular flexibility index (Phi) is 7.88. The fourth-order valence-corrected chi connectivity index (χ4v) is 2.61. The number of carbonyl (C=O) groups excluding carboxylic acids is 2. The Bertz CT molecular complexity index is 1020. The topological polar surface area (TPSA) is 79.8 Å². The number of hydrogen-bond donors (Lipinski definition) is 2. The zero-order valence-corrected chi connectivity index (χ0v) is 16.8. The number of carbonyl (C=O) groups is 2. The molecule has 0 saturated heterocycles. The van der Waals surface area contributed by atoms with Gasteiger partial charge in [-0.05, 0) is 59.7 Å². The average molecular weight is 419 g/mol. The predicted molar refractivity (Wildman–Crippen MR) is 117 cm³/mol. The van der Waals surface area contributed by atoms with Crippen LogP contribution in [0.3, 0.4) is 0 Å². The van der Waals surface area contributed by atoms with Gasteiger partial charge in [-0.3, -0.25) is 9.59 Å². The summed E-state index contributed by atoms with van der Waals surface area (Å²) in [6, 6.07) is 22.6. The van der Waals surface area contributed by atoms with Crippen LogP contribution in [-0.2, 0) is 16.2 Å². The molecular weight excluding hydrogens is 397 g/mol. The van der Waals surface area contributed by atoms with Crippen molar-refractivity contribution in [3.8, 4) is 5.75 Å². The monoisotopic (exact) mass is 419 g/mol. The summed E-state index contributed by atoms with van der Waals surface area (Å²) in [4.78, 5) is 23.7. The van der Waals surface area contributed by atoms with Gasteiger partial charge >= 0.3 is 0 Å². The molecule has 6 nitrogen and oxygen atoms in total. The number of benzene rings is 3. The van der Waals surface area contributed by atoms with Gasteiger partial charge in [0.05, 0.1) is 6.21 Å². The Labute approximate surface area is 179 Å². The maximum Gasteiger partial charge on any atom is 0.240 e. The Balaban J connectivity index is 1.36. The van der Waals surface area contributed by atoms with Crippen LogP contribution in [0.5, 0.6) is 5.75 Å². The first-order chi connectivity index (χ1) is 15.1. The minimum absolute atomic E-state index is 0.00776. The zero-order chi connectivity index (χ0) is 21.9. The minimum atomic E-state index is -0.385. The van der Waals surface area contributed by atoms with Crippen molar-refractivity contribution < 1.29 is 18.7 Å². The molecule has 0 unspecified atom stereocenters.